The summed E-state index contributed by atoms with van der Waals surface area (Å²) in [6.07, 6.45) is 1.39. The molecule has 5 rings (SSSR count). The maximum atomic E-state index is 12.6. The Kier molecular flexibility index (Phi) is 6.47. The van der Waals surface area contributed by atoms with Gasteiger partial charge in [-0.2, -0.15) is 0 Å². The zero-order chi connectivity index (χ0) is 25.1. The van der Waals surface area contributed by atoms with E-state index in [0.717, 1.165) is 22.0 Å². The molecule has 8 heteroatoms. The number of rotatable bonds is 5. The number of amides is 1. The summed E-state index contributed by atoms with van der Waals surface area (Å²) >= 11 is 5.92. The number of fused-ring (bicyclic) bond motifs is 1. The van der Waals surface area contributed by atoms with Gasteiger partial charge in [-0.25, -0.2) is 9.97 Å². The number of aromatic nitrogens is 2. The highest BCUT2D eigenvalue weighted by Gasteiger charge is 2.22. The summed E-state index contributed by atoms with van der Waals surface area (Å²) in [4.78, 5) is 22.2. The topological polar surface area (TPSA) is 103 Å². The van der Waals surface area contributed by atoms with Crippen LogP contribution < -0.4 is 16.0 Å². The van der Waals surface area contributed by atoms with Gasteiger partial charge in [0.2, 0.25) is 0 Å². The molecule has 0 bridgehead atoms. The van der Waals surface area contributed by atoms with Gasteiger partial charge in [0, 0.05) is 34.3 Å². The fourth-order valence-electron chi connectivity index (χ4n) is 3.89. The molecule has 1 amide bonds. The second kappa shape index (κ2) is 10.0. The number of nitrogens with one attached hydrogen (secondary N) is 4. The molecular formula is C28H23ClN6O. The van der Waals surface area contributed by atoms with Gasteiger partial charge in [-0.05, 0) is 48.9 Å². The van der Waals surface area contributed by atoms with Gasteiger partial charge in [-0.15, -0.1) is 0 Å². The van der Waals surface area contributed by atoms with Crippen molar-refractivity contribution in [3.63, 3.8) is 0 Å². The number of carbonyl (C=O) groups is 1. The molecule has 0 radical (unpaired) electrons. The number of hydrogen-bond acceptors (Lipinski definition) is 6. The van der Waals surface area contributed by atoms with Gasteiger partial charge in [-0.3, -0.25) is 10.2 Å². The van der Waals surface area contributed by atoms with Gasteiger partial charge in [-0.1, -0.05) is 54.1 Å². The normalized spacial score (nSPS) is 14.6. The lowest BCUT2D eigenvalue weighted by molar-refractivity contribution is -0.111. The molecular weight excluding hydrogens is 472 g/mol. The molecule has 36 heavy (non-hydrogen) atoms. The van der Waals surface area contributed by atoms with Gasteiger partial charge >= 0.3 is 0 Å². The van der Waals surface area contributed by atoms with Crippen molar-refractivity contribution in [2.45, 2.75) is 6.92 Å². The molecule has 3 aromatic carbocycles. The van der Waals surface area contributed by atoms with E-state index in [4.69, 9.17) is 27.0 Å². The Labute approximate surface area is 213 Å². The molecule has 0 fully saturated rings. The van der Waals surface area contributed by atoms with Gasteiger partial charge < -0.3 is 16.0 Å². The van der Waals surface area contributed by atoms with Crippen molar-refractivity contribution in [2.75, 3.05) is 17.2 Å². The number of para-hydroxylation sites is 1. The van der Waals surface area contributed by atoms with E-state index in [1.54, 1.807) is 24.3 Å². The zero-order valence-electron chi connectivity index (χ0n) is 19.5. The number of halogens is 1. The summed E-state index contributed by atoms with van der Waals surface area (Å²) in [6, 6.07) is 24.4. The maximum Gasteiger partial charge on any atom is 0.250 e. The summed E-state index contributed by atoms with van der Waals surface area (Å²) in [7, 11) is 0. The largest absolute Gasteiger partial charge is 0.379 e. The fraction of sp³-hybridized carbons (Fsp3) is 0.0714. The first-order valence-corrected chi connectivity index (χ1v) is 11.8. The predicted octanol–water partition coefficient (Wildman–Crippen LogP) is 5.78. The molecule has 0 atom stereocenters. The lowest BCUT2D eigenvalue weighted by Crippen LogP contribution is -2.33. The third-order valence-corrected chi connectivity index (χ3v) is 6.01. The molecule has 0 aliphatic carbocycles. The minimum absolute atomic E-state index is 0.175. The van der Waals surface area contributed by atoms with Gasteiger partial charge in [0.05, 0.1) is 16.9 Å². The minimum Gasteiger partial charge on any atom is -0.379 e. The van der Waals surface area contributed by atoms with Crippen molar-refractivity contribution < 1.29 is 4.79 Å². The van der Waals surface area contributed by atoms with Crippen LogP contribution in [-0.2, 0) is 4.79 Å². The standard InChI is InChI=1S/C28H23ClN6O/c1-17-16-31-23(15-24(36)32-20-13-11-19(29)12-14-20)25(30)26(17)34-28-21-9-5-6-10-22(21)33-27(35-28)18-7-3-2-4-8-18/h2-15,30-31H,16H2,1H3,(H,32,36)(H,33,34,35)/b23-15+,30-25?. The fourth-order valence-corrected chi connectivity index (χ4v) is 4.02. The first-order chi connectivity index (χ1) is 17.5. The van der Waals surface area contributed by atoms with Crippen molar-refractivity contribution in [2.24, 2.45) is 0 Å². The maximum absolute atomic E-state index is 12.6. The van der Waals surface area contributed by atoms with Crippen LogP contribution in [-0.4, -0.2) is 28.1 Å². The van der Waals surface area contributed by atoms with Crippen LogP contribution in [0.25, 0.3) is 22.3 Å². The summed E-state index contributed by atoms with van der Waals surface area (Å²) in [5.41, 5.74) is 4.43. The van der Waals surface area contributed by atoms with Crippen molar-refractivity contribution in [1.82, 2.24) is 15.3 Å². The van der Waals surface area contributed by atoms with E-state index in [1.165, 1.54) is 6.08 Å². The van der Waals surface area contributed by atoms with Crippen LogP contribution in [0.1, 0.15) is 6.92 Å². The molecule has 4 aromatic rings. The lowest BCUT2D eigenvalue weighted by Gasteiger charge is -2.24. The molecule has 7 nitrogen and oxygen atoms in total. The van der Waals surface area contributed by atoms with Crippen LogP contribution in [0.15, 0.2) is 102 Å². The Balaban J connectivity index is 1.45. The quantitative estimate of drug-likeness (QED) is 0.263. The van der Waals surface area contributed by atoms with Gasteiger partial charge in [0.25, 0.3) is 5.91 Å². The van der Waals surface area contributed by atoms with Crippen LogP contribution in [0.3, 0.4) is 0 Å². The number of carbonyl (C=O) groups excluding carboxylic acids is 1. The summed E-state index contributed by atoms with van der Waals surface area (Å²) < 4.78 is 0. The summed E-state index contributed by atoms with van der Waals surface area (Å²) in [5, 5.41) is 19.6. The minimum atomic E-state index is -0.345. The van der Waals surface area contributed by atoms with E-state index in [0.29, 0.717) is 40.3 Å². The molecule has 0 saturated heterocycles. The molecule has 1 aliphatic rings. The molecule has 4 N–H and O–H groups in total. The Morgan fingerprint density at radius 3 is 2.50 bits per heavy atom. The summed E-state index contributed by atoms with van der Waals surface area (Å²) in [6.45, 7) is 2.43. The zero-order valence-corrected chi connectivity index (χ0v) is 20.2. The Hall–Kier alpha value is -4.49. The van der Waals surface area contributed by atoms with E-state index < -0.39 is 0 Å². The van der Waals surface area contributed by atoms with Gasteiger partial charge in [0.1, 0.15) is 11.5 Å². The number of anilines is 2. The van der Waals surface area contributed by atoms with Crippen LogP contribution in [0, 0.1) is 5.41 Å². The molecule has 178 valence electrons. The van der Waals surface area contributed by atoms with Crippen LogP contribution in [0.4, 0.5) is 11.5 Å². The highest BCUT2D eigenvalue weighted by atomic mass is 35.5. The van der Waals surface area contributed by atoms with E-state index in [1.807, 2.05) is 61.5 Å². The average molecular weight is 495 g/mol. The van der Waals surface area contributed by atoms with Crippen molar-refractivity contribution >= 4 is 45.6 Å². The average Bonchev–Trinajstić information content (AvgIpc) is 2.90. The van der Waals surface area contributed by atoms with Crippen LogP contribution in [0.2, 0.25) is 5.02 Å². The highest BCUT2D eigenvalue weighted by Crippen LogP contribution is 2.27. The third-order valence-electron chi connectivity index (χ3n) is 5.76. The van der Waals surface area contributed by atoms with Crippen LogP contribution >= 0.6 is 11.6 Å². The van der Waals surface area contributed by atoms with Crippen molar-refractivity contribution in [3.05, 3.63) is 107 Å². The van der Waals surface area contributed by atoms with E-state index in [-0.39, 0.29) is 11.6 Å². The molecule has 0 saturated carbocycles. The Bertz CT molecular complexity index is 1530. The predicted molar refractivity (Wildman–Crippen MR) is 145 cm³/mol. The van der Waals surface area contributed by atoms with E-state index >= 15 is 0 Å². The molecule has 2 heterocycles. The highest BCUT2D eigenvalue weighted by molar-refractivity contribution is 6.30. The van der Waals surface area contributed by atoms with Crippen LogP contribution in [0.5, 0.6) is 0 Å². The molecule has 1 aromatic heterocycles. The second-order valence-electron chi connectivity index (χ2n) is 8.34. The number of nitrogens with zero attached hydrogens (tertiary/aromatic N) is 2. The summed E-state index contributed by atoms with van der Waals surface area (Å²) in [5.74, 6) is 0.848. The van der Waals surface area contributed by atoms with Gasteiger partial charge in [0.15, 0.2) is 5.82 Å². The SMILES string of the molecule is CC1=C(Nc2nc(-c3ccccc3)nc3ccccc23)C(=N)/C(=C\C(=O)Nc2ccc(Cl)cc2)NC1. The van der Waals surface area contributed by atoms with E-state index in [9.17, 15) is 4.79 Å². The Morgan fingerprint density at radius 2 is 1.72 bits per heavy atom. The lowest BCUT2D eigenvalue weighted by atomic mass is 10.0. The molecule has 1 aliphatic heterocycles. The Morgan fingerprint density at radius 1 is 1.00 bits per heavy atom. The molecule has 0 spiro atoms. The number of benzene rings is 3. The third kappa shape index (κ3) is 4.96. The van der Waals surface area contributed by atoms with Crippen molar-refractivity contribution in [3.8, 4) is 11.4 Å². The van der Waals surface area contributed by atoms with Crippen molar-refractivity contribution in [1.29, 1.82) is 5.41 Å². The van der Waals surface area contributed by atoms with E-state index in [2.05, 4.69) is 16.0 Å². The smallest absolute Gasteiger partial charge is 0.250 e. The first kappa shape index (κ1) is 23.3. The number of hydrogen-bond donors (Lipinski definition) is 4. The monoisotopic (exact) mass is 494 g/mol. The molecule has 0 unspecified atom stereocenters. The first-order valence-electron chi connectivity index (χ1n) is 11.4. The second-order valence-corrected chi connectivity index (χ2v) is 8.78.